The molecular weight excluding hydrogens is 332 g/mol. The van der Waals surface area contributed by atoms with Gasteiger partial charge in [0.25, 0.3) is 6.01 Å². The van der Waals surface area contributed by atoms with Gasteiger partial charge in [0.2, 0.25) is 0 Å². The molecule has 0 amide bonds. The number of fused-ring (bicyclic) bond motifs is 1. The zero-order valence-corrected chi connectivity index (χ0v) is 14.5. The van der Waals surface area contributed by atoms with Crippen molar-refractivity contribution in [2.45, 2.75) is 19.9 Å². The quantitative estimate of drug-likeness (QED) is 0.765. The number of anilines is 1. The molecule has 3 aromatic rings. The van der Waals surface area contributed by atoms with Crippen LogP contribution in [0.1, 0.15) is 12.5 Å². The maximum atomic E-state index is 6.41. The van der Waals surface area contributed by atoms with E-state index in [1.165, 1.54) is 0 Å². The summed E-state index contributed by atoms with van der Waals surface area (Å²) in [5, 5.41) is 6.92. The fraction of sp³-hybridized carbons (Fsp3) is 0.375. The number of thiazole rings is 1. The predicted molar refractivity (Wildman–Crippen MR) is 94.5 cm³/mol. The highest BCUT2D eigenvalue weighted by atomic mass is 35.5. The van der Waals surface area contributed by atoms with Crippen molar-refractivity contribution in [3.8, 4) is 10.6 Å². The molecule has 0 spiro atoms. The molecule has 1 aliphatic heterocycles. The monoisotopic (exact) mass is 348 g/mol. The van der Waals surface area contributed by atoms with E-state index in [1.54, 1.807) is 17.5 Å². The maximum absolute atomic E-state index is 6.41. The van der Waals surface area contributed by atoms with E-state index in [9.17, 15) is 0 Å². The lowest BCUT2D eigenvalue weighted by molar-refractivity contribution is 0.456. The second-order valence-corrected chi connectivity index (χ2v) is 7.09. The summed E-state index contributed by atoms with van der Waals surface area (Å²) >= 11 is 7.97. The molecule has 1 saturated heterocycles. The van der Waals surface area contributed by atoms with Crippen LogP contribution in [0.3, 0.4) is 0 Å². The van der Waals surface area contributed by atoms with Crippen molar-refractivity contribution in [3.63, 3.8) is 0 Å². The van der Waals surface area contributed by atoms with Crippen LogP contribution >= 0.6 is 22.9 Å². The van der Waals surface area contributed by atoms with Crippen LogP contribution in [0.25, 0.3) is 21.7 Å². The van der Waals surface area contributed by atoms with Gasteiger partial charge in [-0.3, -0.25) is 0 Å². The van der Waals surface area contributed by atoms with Gasteiger partial charge in [0, 0.05) is 42.3 Å². The fourth-order valence-electron chi connectivity index (χ4n) is 2.92. The van der Waals surface area contributed by atoms with Crippen LogP contribution in [0.4, 0.5) is 6.01 Å². The molecule has 7 heteroatoms. The highest BCUT2D eigenvalue weighted by Gasteiger charge is 2.25. The van der Waals surface area contributed by atoms with E-state index in [1.807, 2.05) is 18.4 Å². The third-order valence-corrected chi connectivity index (χ3v) is 5.45. The van der Waals surface area contributed by atoms with Crippen LogP contribution in [0, 0.1) is 6.92 Å². The van der Waals surface area contributed by atoms with Crippen molar-refractivity contribution in [1.82, 2.24) is 15.3 Å². The Morgan fingerprint density at radius 1 is 1.48 bits per heavy atom. The largest absolute Gasteiger partial charge is 0.423 e. The molecule has 1 unspecified atom stereocenters. The number of aryl methyl sites for hydroxylation is 1. The average Bonchev–Trinajstić information content (AvgIpc) is 3.21. The molecule has 1 aliphatic rings. The Bertz CT molecular complexity index is 846. The zero-order chi connectivity index (χ0) is 16.0. The number of nitrogens with zero attached hydrogens (tertiary/aromatic N) is 3. The number of halogens is 1. The number of aromatic nitrogens is 2. The summed E-state index contributed by atoms with van der Waals surface area (Å²) in [7, 11) is 0. The third-order valence-electron chi connectivity index (χ3n) is 4.25. The SMILES string of the molecule is Cc1c(Cl)cc(-c2nccs2)c2oc(N3CCNCC3C)nc12. The topological polar surface area (TPSA) is 54.2 Å². The molecule has 4 rings (SSSR count). The van der Waals surface area contributed by atoms with Crippen LogP contribution in [0.5, 0.6) is 0 Å². The lowest BCUT2D eigenvalue weighted by Crippen LogP contribution is -2.50. The minimum Gasteiger partial charge on any atom is -0.423 e. The van der Waals surface area contributed by atoms with E-state index in [4.69, 9.17) is 21.0 Å². The van der Waals surface area contributed by atoms with E-state index >= 15 is 0 Å². The first-order chi connectivity index (χ1) is 11.1. The maximum Gasteiger partial charge on any atom is 0.298 e. The second-order valence-electron chi connectivity index (χ2n) is 5.79. The zero-order valence-electron chi connectivity index (χ0n) is 13.0. The van der Waals surface area contributed by atoms with Gasteiger partial charge in [-0.1, -0.05) is 11.6 Å². The molecule has 1 N–H and O–H groups in total. The number of benzene rings is 1. The van der Waals surface area contributed by atoms with Crippen LogP contribution in [-0.4, -0.2) is 35.6 Å². The Hall–Kier alpha value is -1.63. The first-order valence-corrected chi connectivity index (χ1v) is 8.88. The summed E-state index contributed by atoms with van der Waals surface area (Å²) in [6.45, 7) is 6.89. The highest BCUT2D eigenvalue weighted by molar-refractivity contribution is 7.13. The van der Waals surface area contributed by atoms with Crippen molar-refractivity contribution in [2.75, 3.05) is 24.5 Å². The van der Waals surface area contributed by atoms with Gasteiger partial charge in [-0.2, -0.15) is 4.98 Å². The Labute approximate surface area is 143 Å². The predicted octanol–water partition coefficient (Wildman–Crippen LogP) is 3.71. The summed E-state index contributed by atoms with van der Waals surface area (Å²) in [5.41, 5.74) is 3.44. The summed E-state index contributed by atoms with van der Waals surface area (Å²) in [5.74, 6) is 0. The number of hydrogen-bond acceptors (Lipinski definition) is 6. The smallest absolute Gasteiger partial charge is 0.298 e. The molecule has 2 aromatic heterocycles. The third kappa shape index (κ3) is 2.51. The molecule has 0 saturated carbocycles. The van der Waals surface area contributed by atoms with Crippen molar-refractivity contribution in [1.29, 1.82) is 0 Å². The van der Waals surface area contributed by atoms with Gasteiger partial charge >= 0.3 is 0 Å². The Balaban J connectivity index is 1.90. The Morgan fingerprint density at radius 2 is 2.35 bits per heavy atom. The first-order valence-electron chi connectivity index (χ1n) is 7.62. The van der Waals surface area contributed by atoms with Gasteiger partial charge in [-0.05, 0) is 25.5 Å². The minimum atomic E-state index is 0.343. The summed E-state index contributed by atoms with van der Waals surface area (Å²) < 4.78 is 6.16. The van der Waals surface area contributed by atoms with Gasteiger partial charge < -0.3 is 14.6 Å². The van der Waals surface area contributed by atoms with Crippen LogP contribution in [0.2, 0.25) is 5.02 Å². The van der Waals surface area contributed by atoms with Gasteiger partial charge in [-0.25, -0.2) is 4.98 Å². The first kappa shape index (κ1) is 14.9. The van der Waals surface area contributed by atoms with Crippen molar-refractivity contribution < 1.29 is 4.42 Å². The van der Waals surface area contributed by atoms with Gasteiger partial charge in [-0.15, -0.1) is 11.3 Å². The minimum absolute atomic E-state index is 0.343. The molecule has 5 nitrogen and oxygen atoms in total. The molecule has 3 heterocycles. The van der Waals surface area contributed by atoms with Gasteiger partial charge in [0.15, 0.2) is 5.58 Å². The number of oxazole rings is 1. The molecule has 120 valence electrons. The van der Waals surface area contributed by atoms with Crippen LogP contribution < -0.4 is 10.2 Å². The van der Waals surface area contributed by atoms with Crippen LogP contribution in [0.15, 0.2) is 22.1 Å². The van der Waals surface area contributed by atoms with Crippen LogP contribution in [-0.2, 0) is 0 Å². The van der Waals surface area contributed by atoms with Gasteiger partial charge in [0.05, 0.1) is 5.56 Å². The number of hydrogen-bond donors (Lipinski definition) is 1. The summed E-state index contributed by atoms with van der Waals surface area (Å²) in [6, 6.07) is 2.93. The lowest BCUT2D eigenvalue weighted by atomic mass is 10.1. The van der Waals surface area contributed by atoms with Crippen molar-refractivity contribution in [3.05, 3.63) is 28.2 Å². The molecule has 1 atom stereocenters. The van der Waals surface area contributed by atoms with E-state index in [2.05, 4.69) is 22.1 Å². The highest BCUT2D eigenvalue weighted by Crippen LogP contribution is 2.38. The van der Waals surface area contributed by atoms with Crippen molar-refractivity contribution in [2.24, 2.45) is 0 Å². The number of nitrogens with one attached hydrogen (secondary N) is 1. The van der Waals surface area contributed by atoms with E-state index in [-0.39, 0.29) is 0 Å². The average molecular weight is 349 g/mol. The standard InChI is InChI=1S/C16H17ClN4OS/c1-9-8-18-3-5-21(9)16-20-13-10(2)12(17)7-11(14(13)22-16)15-19-4-6-23-15/h4,6-7,9,18H,3,5,8H2,1-2H3. The van der Waals surface area contributed by atoms with Crippen molar-refractivity contribution >= 4 is 40.1 Å². The molecule has 1 aromatic carbocycles. The second kappa shape index (κ2) is 5.78. The van der Waals surface area contributed by atoms with E-state index in [0.29, 0.717) is 17.1 Å². The molecule has 23 heavy (non-hydrogen) atoms. The summed E-state index contributed by atoms with van der Waals surface area (Å²) in [6.07, 6.45) is 1.79. The summed E-state index contributed by atoms with van der Waals surface area (Å²) in [4.78, 5) is 11.3. The lowest BCUT2D eigenvalue weighted by Gasteiger charge is -2.32. The number of piperazine rings is 1. The normalized spacial score (nSPS) is 18.7. The van der Waals surface area contributed by atoms with E-state index < -0.39 is 0 Å². The molecule has 0 bridgehead atoms. The molecular formula is C16H17ClN4OS. The van der Waals surface area contributed by atoms with E-state index in [0.717, 1.165) is 46.9 Å². The molecule has 0 aliphatic carbocycles. The fourth-order valence-corrected chi connectivity index (χ4v) is 3.77. The Morgan fingerprint density at radius 3 is 3.09 bits per heavy atom. The number of rotatable bonds is 2. The molecule has 1 fully saturated rings. The molecule has 0 radical (unpaired) electrons. The Kier molecular flexibility index (Phi) is 3.75. The van der Waals surface area contributed by atoms with Gasteiger partial charge in [0.1, 0.15) is 10.5 Å².